The van der Waals surface area contributed by atoms with Crippen molar-refractivity contribution in [3.8, 4) is 11.3 Å². The van der Waals surface area contributed by atoms with Gasteiger partial charge < -0.3 is 0 Å². The highest BCUT2D eigenvalue weighted by molar-refractivity contribution is 7.89. The van der Waals surface area contributed by atoms with Gasteiger partial charge in [0.25, 0.3) is 0 Å². The van der Waals surface area contributed by atoms with E-state index >= 15 is 0 Å². The average Bonchev–Trinajstić information content (AvgIpc) is 3.08. The maximum absolute atomic E-state index is 12.3. The van der Waals surface area contributed by atoms with Gasteiger partial charge in [-0.2, -0.15) is 11.3 Å². The Morgan fingerprint density at radius 2 is 2.04 bits per heavy atom. The zero-order valence-corrected chi connectivity index (χ0v) is 14.7. The molecule has 0 bridgehead atoms. The molecule has 1 saturated carbocycles. The van der Waals surface area contributed by atoms with Gasteiger partial charge in [-0.3, -0.25) is 4.98 Å². The van der Waals surface area contributed by atoms with E-state index < -0.39 is 10.0 Å². The molecule has 0 amide bonds. The summed E-state index contributed by atoms with van der Waals surface area (Å²) in [6, 6.07) is 5.79. The summed E-state index contributed by atoms with van der Waals surface area (Å²) < 4.78 is 27.4. The molecule has 2 aromatic heterocycles. The van der Waals surface area contributed by atoms with E-state index in [1.807, 2.05) is 29.0 Å². The molecule has 4 nitrogen and oxygen atoms in total. The summed E-state index contributed by atoms with van der Waals surface area (Å²) in [5, 5.41) is 4.03. The van der Waals surface area contributed by atoms with Gasteiger partial charge in [-0.15, -0.1) is 0 Å². The van der Waals surface area contributed by atoms with Crippen molar-refractivity contribution in [3.05, 3.63) is 40.7 Å². The summed E-state index contributed by atoms with van der Waals surface area (Å²) in [4.78, 5) is 4.41. The van der Waals surface area contributed by atoms with Crippen LogP contribution in [0.4, 0.5) is 0 Å². The molecule has 0 aromatic carbocycles. The van der Waals surface area contributed by atoms with Crippen LogP contribution in [0.1, 0.15) is 37.7 Å². The van der Waals surface area contributed by atoms with Gasteiger partial charge in [-0.25, -0.2) is 13.1 Å². The van der Waals surface area contributed by atoms with E-state index in [4.69, 9.17) is 0 Å². The van der Waals surface area contributed by atoms with Crippen LogP contribution in [0.5, 0.6) is 0 Å². The minimum absolute atomic E-state index is 0.251. The van der Waals surface area contributed by atoms with E-state index in [9.17, 15) is 8.42 Å². The monoisotopic (exact) mass is 350 g/mol. The molecule has 2 heterocycles. The van der Waals surface area contributed by atoms with Gasteiger partial charge in [0.15, 0.2) is 0 Å². The zero-order valence-electron chi connectivity index (χ0n) is 13.1. The molecule has 1 fully saturated rings. The summed E-state index contributed by atoms with van der Waals surface area (Å²) in [6.45, 7) is 0.300. The van der Waals surface area contributed by atoms with Crippen LogP contribution in [-0.2, 0) is 16.6 Å². The molecule has 124 valence electrons. The van der Waals surface area contributed by atoms with E-state index in [1.54, 1.807) is 17.5 Å². The number of hydrogen-bond donors (Lipinski definition) is 1. The molecule has 0 aliphatic heterocycles. The second-order valence-electron chi connectivity index (χ2n) is 6.13. The molecule has 3 rings (SSSR count). The standard InChI is InChI=1S/C17H22N2O2S2/c20-23(21,13-14-5-2-1-3-6-14)19-11-15-7-4-9-18-17(15)16-8-10-22-12-16/h4,7-10,12,14,19H,1-3,5-6,11,13H2. The predicted molar refractivity (Wildman–Crippen MR) is 94.8 cm³/mol. The fraction of sp³-hybridized carbons (Fsp3) is 0.471. The van der Waals surface area contributed by atoms with Crippen LogP contribution in [0.2, 0.25) is 0 Å². The van der Waals surface area contributed by atoms with Crippen LogP contribution in [-0.4, -0.2) is 19.2 Å². The van der Waals surface area contributed by atoms with Crippen molar-refractivity contribution < 1.29 is 8.42 Å². The highest BCUT2D eigenvalue weighted by atomic mass is 32.2. The largest absolute Gasteiger partial charge is 0.256 e. The molecule has 1 aliphatic carbocycles. The summed E-state index contributed by atoms with van der Waals surface area (Å²) in [7, 11) is -3.24. The Morgan fingerprint density at radius 1 is 1.22 bits per heavy atom. The predicted octanol–water partition coefficient (Wildman–Crippen LogP) is 3.81. The second-order valence-corrected chi connectivity index (χ2v) is 8.76. The third-order valence-corrected chi connectivity index (χ3v) is 6.53. The summed E-state index contributed by atoms with van der Waals surface area (Å²) in [6.07, 6.45) is 7.37. The molecule has 23 heavy (non-hydrogen) atoms. The minimum atomic E-state index is -3.24. The van der Waals surface area contributed by atoms with Crippen LogP contribution >= 0.6 is 11.3 Å². The lowest BCUT2D eigenvalue weighted by atomic mass is 9.91. The van der Waals surface area contributed by atoms with Crippen molar-refractivity contribution in [1.82, 2.24) is 9.71 Å². The lowest BCUT2D eigenvalue weighted by molar-refractivity contribution is 0.384. The Hall–Kier alpha value is -1.24. The van der Waals surface area contributed by atoms with Gasteiger partial charge in [-0.1, -0.05) is 25.3 Å². The van der Waals surface area contributed by atoms with Crippen LogP contribution in [0, 0.1) is 5.92 Å². The minimum Gasteiger partial charge on any atom is -0.256 e. The quantitative estimate of drug-likeness (QED) is 0.862. The number of hydrogen-bond acceptors (Lipinski definition) is 4. The molecule has 1 aliphatic rings. The highest BCUT2D eigenvalue weighted by Gasteiger charge is 2.21. The van der Waals surface area contributed by atoms with Crippen molar-refractivity contribution in [2.75, 3.05) is 5.75 Å². The van der Waals surface area contributed by atoms with Crippen LogP contribution in [0.3, 0.4) is 0 Å². The molecular formula is C17H22N2O2S2. The molecule has 0 atom stereocenters. The Labute approximate surface area is 142 Å². The van der Waals surface area contributed by atoms with Crippen molar-refractivity contribution in [3.63, 3.8) is 0 Å². The zero-order chi connectivity index (χ0) is 16.1. The number of nitrogens with one attached hydrogen (secondary N) is 1. The molecule has 1 N–H and O–H groups in total. The molecule has 0 radical (unpaired) electrons. The normalized spacial score (nSPS) is 16.5. The van der Waals surface area contributed by atoms with Crippen molar-refractivity contribution in [2.45, 2.75) is 38.6 Å². The Kier molecular flexibility index (Phi) is 5.46. The average molecular weight is 351 g/mol. The molecule has 0 saturated heterocycles. The van der Waals surface area contributed by atoms with Crippen molar-refractivity contribution >= 4 is 21.4 Å². The third kappa shape index (κ3) is 4.62. The summed E-state index contributed by atoms with van der Waals surface area (Å²) >= 11 is 1.61. The van der Waals surface area contributed by atoms with Gasteiger partial charge in [0.05, 0.1) is 11.4 Å². The molecular weight excluding hydrogens is 328 g/mol. The second kappa shape index (κ2) is 7.55. The number of pyridine rings is 1. The molecule has 0 unspecified atom stereocenters. The van der Waals surface area contributed by atoms with E-state index in [-0.39, 0.29) is 5.75 Å². The van der Waals surface area contributed by atoms with E-state index in [0.29, 0.717) is 12.5 Å². The molecule has 2 aromatic rings. The number of nitrogens with zero attached hydrogens (tertiary/aromatic N) is 1. The Bertz CT molecular complexity index is 721. The topological polar surface area (TPSA) is 59.1 Å². The first-order chi connectivity index (χ1) is 11.1. The lowest BCUT2D eigenvalue weighted by Gasteiger charge is -2.21. The van der Waals surface area contributed by atoms with Crippen LogP contribution in [0.15, 0.2) is 35.2 Å². The number of aromatic nitrogens is 1. The first-order valence-electron chi connectivity index (χ1n) is 8.08. The SMILES string of the molecule is O=S(=O)(CC1CCCCC1)NCc1cccnc1-c1ccsc1. The van der Waals surface area contributed by atoms with E-state index in [1.165, 1.54) is 6.42 Å². The smallest absolute Gasteiger partial charge is 0.212 e. The van der Waals surface area contributed by atoms with E-state index in [0.717, 1.165) is 42.5 Å². The van der Waals surface area contributed by atoms with Crippen molar-refractivity contribution in [2.24, 2.45) is 5.92 Å². The fourth-order valence-corrected chi connectivity index (χ4v) is 5.24. The first-order valence-corrected chi connectivity index (χ1v) is 10.7. The van der Waals surface area contributed by atoms with Crippen LogP contribution < -0.4 is 4.72 Å². The molecule has 0 spiro atoms. The summed E-state index contributed by atoms with van der Waals surface area (Å²) in [5.41, 5.74) is 2.81. The number of rotatable bonds is 6. The Balaban J connectivity index is 1.66. The fourth-order valence-electron chi connectivity index (χ4n) is 3.15. The lowest BCUT2D eigenvalue weighted by Crippen LogP contribution is -2.30. The van der Waals surface area contributed by atoms with Gasteiger partial charge in [0.1, 0.15) is 0 Å². The maximum atomic E-state index is 12.3. The third-order valence-electron chi connectivity index (χ3n) is 4.35. The van der Waals surface area contributed by atoms with Gasteiger partial charge in [0.2, 0.25) is 10.0 Å². The Morgan fingerprint density at radius 3 is 2.78 bits per heavy atom. The van der Waals surface area contributed by atoms with Crippen molar-refractivity contribution in [1.29, 1.82) is 0 Å². The summed E-state index contributed by atoms with van der Waals surface area (Å²) in [5.74, 6) is 0.563. The number of thiophene rings is 1. The van der Waals surface area contributed by atoms with Gasteiger partial charge in [0, 0.05) is 23.7 Å². The van der Waals surface area contributed by atoms with Gasteiger partial charge in [-0.05, 0) is 41.8 Å². The maximum Gasteiger partial charge on any atom is 0.212 e. The highest BCUT2D eigenvalue weighted by Crippen LogP contribution is 2.26. The number of sulfonamides is 1. The van der Waals surface area contributed by atoms with E-state index in [2.05, 4.69) is 9.71 Å². The van der Waals surface area contributed by atoms with Gasteiger partial charge >= 0.3 is 0 Å². The molecule has 6 heteroatoms. The first kappa shape index (κ1) is 16.6. The van der Waals surface area contributed by atoms with Crippen LogP contribution in [0.25, 0.3) is 11.3 Å².